The van der Waals surface area contributed by atoms with Crippen LogP contribution in [-0.4, -0.2) is 34.4 Å². The van der Waals surface area contributed by atoms with Gasteiger partial charge in [0.2, 0.25) is 0 Å². The lowest BCUT2D eigenvalue weighted by atomic mass is 10.2. The number of aryl methyl sites for hydroxylation is 1. The SMILES string of the molecule is Cc1cncc(C(=O)N2C[C@H]3C[C@@]3(N)C2)c1. The van der Waals surface area contributed by atoms with Crippen molar-refractivity contribution in [1.29, 1.82) is 0 Å². The van der Waals surface area contributed by atoms with Crippen LogP contribution in [0.25, 0.3) is 0 Å². The maximum absolute atomic E-state index is 12.1. The lowest BCUT2D eigenvalue weighted by Crippen LogP contribution is -2.37. The highest BCUT2D eigenvalue weighted by Crippen LogP contribution is 2.47. The van der Waals surface area contributed by atoms with Gasteiger partial charge in [-0.2, -0.15) is 0 Å². The van der Waals surface area contributed by atoms with Crippen molar-refractivity contribution >= 4 is 5.91 Å². The maximum atomic E-state index is 12.1. The molecule has 1 saturated carbocycles. The number of piperidine rings is 1. The Hall–Kier alpha value is -1.42. The number of fused-ring (bicyclic) bond motifs is 1. The normalized spacial score (nSPS) is 31.4. The van der Waals surface area contributed by atoms with Crippen LogP contribution in [0.2, 0.25) is 0 Å². The first-order valence-electron chi connectivity index (χ1n) is 5.58. The molecule has 0 bridgehead atoms. The van der Waals surface area contributed by atoms with E-state index in [0.29, 0.717) is 18.0 Å². The fourth-order valence-corrected chi connectivity index (χ4v) is 2.53. The third-order valence-corrected chi connectivity index (χ3v) is 3.61. The van der Waals surface area contributed by atoms with Crippen LogP contribution in [-0.2, 0) is 0 Å². The Morgan fingerprint density at radius 2 is 2.44 bits per heavy atom. The molecular weight excluding hydrogens is 202 g/mol. The van der Waals surface area contributed by atoms with Crippen molar-refractivity contribution in [2.45, 2.75) is 18.9 Å². The molecule has 3 rings (SSSR count). The number of carbonyl (C=O) groups is 1. The molecule has 1 aromatic heterocycles. The largest absolute Gasteiger partial charge is 0.336 e. The molecule has 1 aliphatic heterocycles. The quantitative estimate of drug-likeness (QED) is 0.748. The predicted molar refractivity (Wildman–Crippen MR) is 59.9 cm³/mol. The van der Waals surface area contributed by atoms with Crippen LogP contribution in [0.15, 0.2) is 18.5 Å². The number of hydrogen-bond donors (Lipinski definition) is 1. The third kappa shape index (κ3) is 1.41. The average molecular weight is 217 g/mol. The molecule has 0 unspecified atom stereocenters. The van der Waals surface area contributed by atoms with Crippen LogP contribution >= 0.6 is 0 Å². The summed E-state index contributed by atoms with van der Waals surface area (Å²) in [7, 11) is 0. The molecule has 1 amide bonds. The second-order valence-electron chi connectivity index (χ2n) is 5.07. The second kappa shape index (κ2) is 3.04. The van der Waals surface area contributed by atoms with Crippen molar-refractivity contribution in [3.05, 3.63) is 29.6 Å². The molecule has 2 atom stereocenters. The molecule has 2 fully saturated rings. The number of pyridine rings is 1. The molecule has 1 aromatic rings. The molecule has 0 spiro atoms. The molecule has 0 radical (unpaired) electrons. The minimum absolute atomic E-state index is 0.0632. The molecule has 4 nitrogen and oxygen atoms in total. The van der Waals surface area contributed by atoms with Gasteiger partial charge in [0.25, 0.3) is 5.91 Å². The molecular formula is C12H15N3O. The Morgan fingerprint density at radius 1 is 1.62 bits per heavy atom. The van der Waals surface area contributed by atoms with Crippen molar-refractivity contribution in [1.82, 2.24) is 9.88 Å². The van der Waals surface area contributed by atoms with Crippen LogP contribution < -0.4 is 5.73 Å². The molecule has 4 heteroatoms. The van der Waals surface area contributed by atoms with Gasteiger partial charge in [-0.1, -0.05) is 0 Å². The van der Waals surface area contributed by atoms with Crippen LogP contribution in [0.3, 0.4) is 0 Å². The van der Waals surface area contributed by atoms with Gasteiger partial charge < -0.3 is 10.6 Å². The summed E-state index contributed by atoms with van der Waals surface area (Å²) in [5.41, 5.74) is 7.68. The molecule has 2 heterocycles. The summed E-state index contributed by atoms with van der Waals surface area (Å²) in [6.07, 6.45) is 4.45. The smallest absolute Gasteiger partial charge is 0.255 e. The van der Waals surface area contributed by atoms with Gasteiger partial charge in [-0.3, -0.25) is 9.78 Å². The summed E-state index contributed by atoms with van der Waals surface area (Å²) in [4.78, 5) is 18.0. The first kappa shape index (κ1) is 9.78. The van der Waals surface area contributed by atoms with E-state index in [1.165, 1.54) is 0 Å². The number of rotatable bonds is 1. The third-order valence-electron chi connectivity index (χ3n) is 3.61. The van der Waals surface area contributed by atoms with Gasteiger partial charge in [-0.05, 0) is 30.9 Å². The Labute approximate surface area is 94.5 Å². The van der Waals surface area contributed by atoms with Gasteiger partial charge in [-0.15, -0.1) is 0 Å². The summed E-state index contributed by atoms with van der Waals surface area (Å²) in [5.74, 6) is 0.586. The van der Waals surface area contributed by atoms with Crippen molar-refractivity contribution in [3.63, 3.8) is 0 Å². The van der Waals surface area contributed by atoms with Crippen molar-refractivity contribution in [2.75, 3.05) is 13.1 Å². The zero-order chi connectivity index (χ0) is 11.3. The van der Waals surface area contributed by atoms with E-state index < -0.39 is 0 Å². The first-order chi connectivity index (χ1) is 7.58. The molecule has 84 valence electrons. The van der Waals surface area contributed by atoms with E-state index in [2.05, 4.69) is 4.98 Å². The zero-order valence-electron chi connectivity index (χ0n) is 9.31. The zero-order valence-corrected chi connectivity index (χ0v) is 9.31. The topological polar surface area (TPSA) is 59.2 Å². The van der Waals surface area contributed by atoms with E-state index >= 15 is 0 Å². The standard InChI is InChI=1S/C12H15N3O/c1-8-2-9(5-14-4-8)11(16)15-6-10-3-12(10,13)7-15/h2,4-5,10H,3,6-7,13H2,1H3/t10-,12-/m1/s1. The Bertz CT molecular complexity index is 459. The summed E-state index contributed by atoms with van der Waals surface area (Å²) in [6.45, 7) is 3.45. The average Bonchev–Trinajstić information content (AvgIpc) is 2.76. The highest BCUT2D eigenvalue weighted by molar-refractivity contribution is 5.94. The lowest BCUT2D eigenvalue weighted by Gasteiger charge is -2.19. The van der Waals surface area contributed by atoms with E-state index in [-0.39, 0.29) is 11.4 Å². The first-order valence-corrected chi connectivity index (χ1v) is 5.58. The Morgan fingerprint density at radius 3 is 3.06 bits per heavy atom. The highest BCUT2D eigenvalue weighted by atomic mass is 16.2. The lowest BCUT2D eigenvalue weighted by molar-refractivity contribution is 0.0772. The molecule has 0 aromatic carbocycles. The van der Waals surface area contributed by atoms with Gasteiger partial charge in [0.15, 0.2) is 0 Å². The monoisotopic (exact) mass is 217 g/mol. The number of amides is 1. The van der Waals surface area contributed by atoms with Gasteiger partial charge in [0.05, 0.1) is 5.56 Å². The van der Waals surface area contributed by atoms with E-state index in [9.17, 15) is 4.79 Å². The number of likely N-dealkylation sites (tertiary alicyclic amines) is 1. The van der Waals surface area contributed by atoms with Crippen LogP contribution in [0, 0.1) is 12.8 Å². The molecule has 16 heavy (non-hydrogen) atoms. The van der Waals surface area contributed by atoms with Crippen molar-refractivity contribution < 1.29 is 4.79 Å². The molecule has 2 aliphatic rings. The fourth-order valence-electron chi connectivity index (χ4n) is 2.53. The van der Waals surface area contributed by atoms with Crippen LogP contribution in [0.5, 0.6) is 0 Å². The van der Waals surface area contributed by atoms with Gasteiger partial charge in [0, 0.05) is 31.0 Å². The number of carbonyl (C=O) groups excluding carboxylic acids is 1. The van der Waals surface area contributed by atoms with E-state index in [0.717, 1.165) is 18.5 Å². The van der Waals surface area contributed by atoms with Gasteiger partial charge >= 0.3 is 0 Å². The van der Waals surface area contributed by atoms with Crippen LogP contribution in [0.4, 0.5) is 0 Å². The summed E-state index contributed by atoms with van der Waals surface area (Å²) < 4.78 is 0. The van der Waals surface area contributed by atoms with E-state index in [1.807, 2.05) is 17.9 Å². The minimum Gasteiger partial charge on any atom is -0.336 e. The van der Waals surface area contributed by atoms with Gasteiger partial charge in [-0.25, -0.2) is 0 Å². The highest BCUT2D eigenvalue weighted by Gasteiger charge is 2.58. The number of nitrogens with two attached hydrogens (primary N) is 1. The Balaban J connectivity index is 1.79. The number of aromatic nitrogens is 1. The summed E-state index contributed by atoms with van der Waals surface area (Å²) in [5, 5.41) is 0. The molecule has 2 N–H and O–H groups in total. The molecule has 1 aliphatic carbocycles. The van der Waals surface area contributed by atoms with Crippen molar-refractivity contribution in [3.8, 4) is 0 Å². The van der Waals surface area contributed by atoms with Crippen LogP contribution in [0.1, 0.15) is 22.3 Å². The second-order valence-corrected chi connectivity index (χ2v) is 5.07. The summed E-state index contributed by atoms with van der Waals surface area (Å²) >= 11 is 0. The van der Waals surface area contributed by atoms with Crippen molar-refractivity contribution in [2.24, 2.45) is 11.7 Å². The predicted octanol–water partition coefficient (Wildman–Crippen LogP) is 0.563. The van der Waals surface area contributed by atoms with E-state index in [4.69, 9.17) is 5.73 Å². The Kier molecular flexibility index (Phi) is 1.86. The number of nitrogens with zero attached hydrogens (tertiary/aromatic N) is 2. The van der Waals surface area contributed by atoms with Gasteiger partial charge in [0.1, 0.15) is 0 Å². The minimum atomic E-state index is -0.0765. The fraction of sp³-hybridized carbons (Fsp3) is 0.500. The maximum Gasteiger partial charge on any atom is 0.255 e. The van der Waals surface area contributed by atoms with E-state index in [1.54, 1.807) is 12.4 Å². The number of hydrogen-bond acceptors (Lipinski definition) is 3. The summed E-state index contributed by atoms with van der Waals surface area (Å²) in [6, 6.07) is 1.88. The molecule has 1 saturated heterocycles.